The van der Waals surface area contributed by atoms with Gasteiger partial charge in [-0.05, 0) is 24.8 Å². The molecule has 1 aromatic rings. The van der Waals surface area contributed by atoms with Crippen LogP contribution in [0.4, 0.5) is 0 Å². The molecule has 0 bridgehead atoms. The van der Waals surface area contributed by atoms with Gasteiger partial charge in [-0.25, -0.2) is 4.99 Å². The van der Waals surface area contributed by atoms with Crippen molar-refractivity contribution in [2.45, 2.75) is 33.2 Å². The van der Waals surface area contributed by atoms with E-state index in [2.05, 4.69) is 48.5 Å². The molecular weight excluding hydrogens is 288 g/mol. The van der Waals surface area contributed by atoms with Gasteiger partial charge in [-0.1, -0.05) is 44.2 Å². The van der Waals surface area contributed by atoms with Crippen molar-refractivity contribution in [1.29, 1.82) is 0 Å². The Hall–Kier alpha value is -2.04. The van der Waals surface area contributed by atoms with E-state index in [0.29, 0.717) is 11.9 Å². The third kappa shape index (κ3) is 7.68. The van der Waals surface area contributed by atoms with E-state index in [9.17, 15) is 4.79 Å². The van der Waals surface area contributed by atoms with Crippen molar-refractivity contribution < 1.29 is 4.79 Å². The monoisotopic (exact) mass is 318 g/mol. The molecule has 0 aliphatic rings. The van der Waals surface area contributed by atoms with Gasteiger partial charge in [0.2, 0.25) is 5.91 Å². The SMILES string of the molecule is CC(C)C(C)NC(=NCC(=O)N(C)C)NCCc1ccccc1. The number of nitrogens with one attached hydrogen (secondary N) is 2. The van der Waals surface area contributed by atoms with Crippen LogP contribution in [0.15, 0.2) is 35.3 Å². The second kappa shape index (κ2) is 9.87. The first-order chi connectivity index (χ1) is 10.9. The predicted octanol–water partition coefficient (Wildman–Crippen LogP) is 1.90. The van der Waals surface area contributed by atoms with E-state index in [1.807, 2.05) is 18.2 Å². The molecule has 0 radical (unpaired) electrons. The van der Waals surface area contributed by atoms with Gasteiger partial charge in [0.05, 0.1) is 0 Å². The molecule has 0 aromatic heterocycles. The third-order valence-electron chi connectivity index (χ3n) is 3.78. The second-order valence-electron chi connectivity index (χ2n) is 6.29. The lowest BCUT2D eigenvalue weighted by Crippen LogP contribution is -2.45. The van der Waals surface area contributed by atoms with Gasteiger partial charge in [-0.3, -0.25) is 4.79 Å². The van der Waals surface area contributed by atoms with E-state index in [0.717, 1.165) is 13.0 Å². The zero-order valence-electron chi connectivity index (χ0n) is 15.0. The molecule has 5 heteroatoms. The number of carbonyl (C=O) groups is 1. The molecule has 0 aliphatic heterocycles. The molecule has 23 heavy (non-hydrogen) atoms. The Morgan fingerprint density at radius 1 is 1.17 bits per heavy atom. The third-order valence-corrected chi connectivity index (χ3v) is 3.78. The summed E-state index contributed by atoms with van der Waals surface area (Å²) in [6.45, 7) is 7.36. The first kappa shape index (κ1) is 19.0. The molecule has 0 aliphatic carbocycles. The summed E-state index contributed by atoms with van der Waals surface area (Å²) >= 11 is 0. The number of hydrogen-bond donors (Lipinski definition) is 2. The molecule has 1 aromatic carbocycles. The van der Waals surface area contributed by atoms with Crippen molar-refractivity contribution in [2.75, 3.05) is 27.2 Å². The Labute approximate surface area is 140 Å². The highest BCUT2D eigenvalue weighted by Crippen LogP contribution is 2.00. The Morgan fingerprint density at radius 3 is 2.39 bits per heavy atom. The van der Waals surface area contributed by atoms with Gasteiger partial charge in [0.25, 0.3) is 0 Å². The highest BCUT2D eigenvalue weighted by Gasteiger charge is 2.10. The predicted molar refractivity (Wildman–Crippen MR) is 96.6 cm³/mol. The number of likely N-dealkylation sites (N-methyl/N-ethyl adjacent to an activating group) is 1. The Morgan fingerprint density at radius 2 is 1.83 bits per heavy atom. The summed E-state index contributed by atoms with van der Waals surface area (Å²) in [4.78, 5) is 17.7. The van der Waals surface area contributed by atoms with Gasteiger partial charge < -0.3 is 15.5 Å². The maximum absolute atomic E-state index is 11.7. The smallest absolute Gasteiger partial charge is 0.243 e. The fourth-order valence-electron chi connectivity index (χ4n) is 1.79. The number of aliphatic imine (C=N–C) groups is 1. The minimum Gasteiger partial charge on any atom is -0.356 e. The zero-order chi connectivity index (χ0) is 17.2. The number of nitrogens with zero attached hydrogens (tertiary/aromatic N) is 2. The first-order valence-corrected chi connectivity index (χ1v) is 8.19. The molecule has 1 rings (SSSR count). The average Bonchev–Trinajstić information content (AvgIpc) is 2.52. The number of amides is 1. The summed E-state index contributed by atoms with van der Waals surface area (Å²) < 4.78 is 0. The summed E-state index contributed by atoms with van der Waals surface area (Å²) in [5, 5.41) is 6.68. The van der Waals surface area contributed by atoms with Gasteiger partial charge in [0.1, 0.15) is 6.54 Å². The van der Waals surface area contributed by atoms with Crippen LogP contribution in [0.3, 0.4) is 0 Å². The lowest BCUT2D eigenvalue weighted by molar-refractivity contribution is -0.127. The van der Waals surface area contributed by atoms with E-state index in [1.54, 1.807) is 19.0 Å². The molecule has 0 saturated heterocycles. The van der Waals surface area contributed by atoms with Gasteiger partial charge in [0, 0.05) is 26.7 Å². The number of benzene rings is 1. The van der Waals surface area contributed by atoms with Crippen LogP contribution in [0.1, 0.15) is 26.3 Å². The molecular formula is C18H30N4O. The van der Waals surface area contributed by atoms with Crippen LogP contribution in [-0.4, -0.2) is 50.0 Å². The van der Waals surface area contributed by atoms with Crippen LogP contribution in [0.2, 0.25) is 0 Å². The molecule has 0 heterocycles. The number of rotatable bonds is 7. The molecule has 0 fully saturated rings. The average molecular weight is 318 g/mol. The summed E-state index contributed by atoms with van der Waals surface area (Å²) in [6, 6.07) is 10.6. The van der Waals surface area contributed by atoms with Crippen LogP contribution >= 0.6 is 0 Å². The Kier molecular flexibility index (Phi) is 8.16. The van der Waals surface area contributed by atoms with Crippen LogP contribution in [0.25, 0.3) is 0 Å². The topological polar surface area (TPSA) is 56.7 Å². The summed E-state index contributed by atoms with van der Waals surface area (Å²) in [7, 11) is 3.48. The normalized spacial score (nSPS) is 12.9. The Bertz CT molecular complexity index is 497. The van der Waals surface area contributed by atoms with Gasteiger partial charge >= 0.3 is 0 Å². The first-order valence-electron chi connectivity index (χ1n) is 8.19. The number of carbonyl (C=O) groups excluding carboxylic acids is 1. The maximum atomic E-state index is 11.7. The van der Waals surface area contributed by atoms with E-state index < -0.39 is 0 Å². The summed E-state index contributed by atoms with van der Waals surface area (Å²) in [5.74, 6) is 1.17. The number of guanidine groups is 1. The highest BCUT2D eigenvalue weighted by atomic mass is 16.2. The minimum atomic E-state index is -0.00800. The van der Waals surface area contributed by atoms with Gasteiger partial charge in [-0.2, -0.15) is 0 Å². The van der Waals surface area contributed by atoms with Crippen LogP contribution in [-0.2, 0) is 11.2 Å². The Balaban J connectivity index is 2.59. The van der Waals surface area contributed by atoms with E-state index in [-0.39, 0.29) is 18.5 Å². The second-order valence-corrected chi connectivity index (χ2v) is 6.29. The van der Waals surface area contributed by atoms with Crippen molar-refractivity contribution in [3.8, 4) is 0 Å². The maximum Gasteiger partial charge on any atom is 0.243 e. The van der Waals surface area contributed by atoms with Crippen molar-refractivity contribution in [3.63, 3.8) is 0 Å². The van der Waals surface area contributed by atoms with Crippen molar-refractivity contribution in [2.24, 2.45) is 10.9 Å². The van der Waals surface area contributed by atoms with E-state index in [1.165, 1.54) is 5.56 Å². The molecule has 0 spiro atoms. The van der Waals surface area contributed by atoms with Crippen LogP contribution in [0, 0.1) is 5.92 Å². The lowest BCUT2D eigenvalue weighted by atomic mass is 10.1. The zero-order valence-corrected chi connectivity index (χ0v) is 15.0. The molecule has 2 N–H and O–H groups in total. The standard InChI is InChI=1S/C18H30N4O/c1-14(2)15(3)21-18(20-13-17(23)22(4)5)19-12-11-16-9-7-6-8-10-16/h6-10,14-15H,11-13H2,1-5H3,(H2,19,20,21). The lowest BCUT2D eigenvalue weighted by Gasteiger charge is -2.21. The minimum absolute atomic E-state index is 0.00800. The van der Waals surface area contributed by atoms with E-state index >= 15 is 0 Å². The fraction of sp³-hybridized carbons (Fsp3) is 0.556. The molecule has 128 valence electrons. The fourth-order valence-corrected chi connectivity index (χ4v) is 1.79. The van der Waals surface area contributed by atoms with Crippen LogP contribution < -0.4 is 10.6 Å². The largest absolute Gasteiger partial charge is 0.356 e. The highest BCUT2D eigenvalue weighted by molar-refractivity contribution is 5.84. The molecule has 0 saturated carbocycles. The summed E-state index contributed by atoms with van der Waals surface area (Å²) in [5.41, 5.74) is 1.28. The van der Waals surface area contributed by atoms with Crippen molar-refractivity contribution in [3.05, 3.63) is 35.9 Å². The van der Waals surface area contributed by atoms with Crippen LogP contribution in [0.5, 0.6) is 0 Å². The van der Waals surface area contributed by atoms with E-state index in [4.69, 9.17) is 0 Å². The quantitative estimate of drug-likeness (QED) is 0.596. The molecule has 5 nitrogen and oxygen atoms in total. The van der Waals surface area contributed by atoms with Gasteiger partial charge in [0.15, 0.2) is 5.96 Å². The number of hydrogen-bond acceptors (Lipinski definition) is 2. The molecule has 1 unspecified atom stereocenters. The molecule has 1 atom stereocenters. The van der Waals surface area contributed by atoms with Crippen molar-refractivity contribution >= 4 is 11.9 Å². The van der Waals surface area contributed by atoms with Gasteiger partial charge in [-0.15, -0.1) is 0 Å². The summed E-state index contributed by atoms with van der Waals surface area (Å²) in [6.07, 6.45) is 0.916. The van der Waals surface area contributed by atoms with Crippen molar-refractivity contribution in [1.82, 2.24) is 15.5 Å². The molecule has 1 amide bonds.